The first-order valence-electron chi connectivity index (χ1n) is 5.18. The molecule has 0 heterocycles. The van der Waals surface area contributed by atoms with Gasteiger partial charge in [0.25, 0.3) is 0 Å². The Kier molecular flexibility index (Phi) is 3.09. The summed E-state index contributed by atoms with van der Waals surface area (Å²) in [5, 5.41) is 10.2. The Morgan fingerprint density at radius 3 is 2.57 bits per heavy atom. The van der Waals surface area contributed by atoms with Gasteiger partial charge in [-0.05, 0) is 30.4 Å². The number of benzene rings is 1. The lowest BCUT2D eigenvalue weighted by Gasteiger charge is -2.33. The van der Waals surface area contributed by atoms with Crippen molar-refractivity contribution in [2.75, 3.05) is 6.61 Å². The number of halogens is 1. The van der Waals surface area contributed by atoms with E-state index in [4.69, 9.17) is 11.6 Å². The van der Waals surface area contributed by atoms with Crippen LogP contribution < -0.4 is 0 Å². The SMILES string of the molecule is OCC(c1ccccc1Cl)C1CCC1. The van der Waals surface area contributed by atoms with Crippen LogP contribution in [0.4, 0.5) is 0 Å². The Morgan fingerprint density at radius 1 is 1.36 bits per heavy atom. The molecule has 0 aliphatic heterocycles. The zero-order valence-electron chi connectivity index (χ0n) is 8.12. The Hall–Kier alpha value is -0.530. The third-order valence-electron chi connectivity index (χ3n) is 3.22. The molecule has 1 aromatic carbocycles. The second-order valence-electron chi connectivity index (χ2n) is 4.00. The summed E-state index contributed by atoms with van der Waals surface area (Å²) in [4.78, 5) is 0. The predicted molar refractivity (Wildman–Crippen MR) is 58.6 cm³/mol. The normalized spacial score (nSPS) is 19.0. The molecule has 1 nitrogen and oxygen atoms in total. The summed E-state index contributed by atoms with van der Waals surface area (Å²) >= 11 is 6.11. The molecule has 0 spiro atoms. The number of rotatable bonds is 3. The molecule has 0 radical (unpaired) electrons. The monoisotopic (exact) mass is 210 g/mol. The van der Waals surface area contributed by atoms with Crippen LogP contribution in [0.25, 0.3) is 0 Å². The van der Waals surface area contributed by atoms with Crippen molar-refractivity contribution in [3.8, 4) is 0 Å². The van der Waals surface area contributed by atoms with Gasteiger partial charge in [-0.2, -0.15) is 0 Å². The molecule has 1 aromatic rings. The zero-order valence-corrected chi connectivity index (χ0v) is 8.87. The van der Waals surface area contributed by atoms with Crippen molar-refractivity contribution in [1.82, 2.24) is 0 Å². The van der Waals surface area contributed by atoms with Gasteiger partial charge >= 0.3 is 0 Å². The second kappa shape index (κ2) is 4.33. The minimum absolute atomic E-state index is 0.217. The molecule has 1 N–H and O–H groups in total. The first-order valence-corrected chi connectivity index (χ1v) is 5.56. The average Bonchev–Trinajstić information content (AvgIpc) is 2.12. The molecule has 1 unspecified atom stereocenters. The van der Waals surface area contributed by atoms with Gasteiger partial charge < -0.3 is 5.11 Å². The average molecular weight is 211 g/mol. The fourth-order valence-corrected chi connectivity index (χ4v) is 2.40. The first kappa shape index (κ1) is 10.0. The van der Waals surface area contributed by atoms with Crippen molar-refractivity contribution in [2.24, 2.45) is 5.92 Å². The Bertz CT molecular complexity index is 307. The Morgan fingerprint density at radius 2 is 2.07 bits per heavy atom. The number of aliphatic hydroxyl groups is 1. The highest BCUT2D eigenvalue weighted by Gasteiger charge is 2.28. The van der Waals surface area contributed by atoms with Crippen molar-refractivity contribution in [2.45, 2.75) is 25.2 Å². The van der Waals surface area contributed by atoms with Gasteiger partial charge in [0.1, 0.15) is 0 Å². The van der Waals surface area contributed by atoms with Crippen LogP contribution in [0, 0.1) is 5.92 Å². The van der Waals surface area contributed by atoms with Gasteiger partial charge in [0.15, 0.2) is 0 Å². The summed E-state index contributed by atoms with van der Waals surface area (Å²) in [5.41, 5.74) is 1.11. The fourth-order valence-electron chi connectivity index (χ4n) is 2.12. The molecule has 76 valence electrons. The first-order chi connectivity index (χ1) is 6.83. The van der Waals surface area contributed by atoms with Crippen LogP contribution in [0.1, 0.15) is 30.7 Å². The Labute approximate surface area is 89.7 Å². The highest BCUT2D eigenvalue weighted by Crippen LogP contribution is 2.40. The molecule has 1 aliphatic carbocycles. The molecule has 1 saturated carbocycles. The molecular weight excluding hydrogens is 196 g/mol. The molecule has 0 amide bonds. The van der Waals surface area contributed by atoms with Crippen molar-refractivity contribution < 1.29 is 5.11 Å². The topological polar surface area (TPSA) is 20.2 Å². The Balaban J connectivity index is 2.22. The summed E-state index contributed by atoms with van der Waals surface area (Å²) in [5.74, 6) is 0.886. The van der Waals surface area contributed by atoms with E-state index in [1.807, 2.05) is 24.3 Å². The van der Waals surface area contributed by atoms with E-state index in [2.05, 4.69) is 0 Å². The minimum Gasteiger partial charge on any atom is -0.396 e. The van der Waals surface area contributed by atoms with Gasteiger partial charge in [-0.1, -0.05) is 36.2 Å². The van der Waals surface area contributed by atoms with E-state index in [0.29, 0.717) is 5.92 Å². The highest BCUT2D eigenvalue weighted by molar-refractivity contribution is 6.31. The highest BCUT2D eigenvalue weighted by atomic mass is 35.5. The lowest BCUT2D eigenvalue weighted by Crippen LogP contribution is -2.23. The van der Waals surface area contributed by atoms with Gasteiger partial charge in [-0.15, -0.1) is 0 Å². The van der Waals surface area contributed by atoms with E-state index >= 15 is 0 Å². The van der Waals surface area contributed by atoms with Crippen LogP contribution in [-0.4, -0.2) is 11.7 Å². The molecule has 2 rings (SSSR count). The van der Waals surface area contributed by atoms with E-state index in [9.17, 15) is 5.11 Å². The molecule has 1 fully saturated rings. The van der Waals surface area contributed by atoms with Crippen LogP contribution in [0.5, 0.6) is 0 Å². The molecule has 1 atom stereocenters. The smallest absolute Gasteiger partial charge is 0.0502 e. The summed E-state index contributed by atoms with van der Waals surface area (Å²) in [7, 11) is 0. The summed E-state index contributed by atoms with van der Waals surface area (Å²) < 4.78 is 0. The van der Waals surface area contributed by atoms with E-state index < -0.39 is 0 Å². The van der Waals surface area contributed by atoms with Crippen LogP contribution in [0.15, 0.2) is 24.3 Å². The third-order valence-corrected chi connectivity index (χ3v) is 3.56. The van der Waals surface area contributed by atoms with E-state index in [0.717, 1.165) is 10.6 Å². The molecular formula is C12H15ClO. The van der Waals surface area contributed by atoms with Crippen molar-refractivity contribution in [3.05, 3.63) is 34.9 Å². The van der Waals surface area contributed by atoms with Crippen molar-refractivity contribution >= 4 is 11.6 Å². The summed E-state index contributed by atoms with van der Waals surface area (Å²) in [6.45, 7) is 0.217. The van der Waals surface area contributed by atoms with Crippen LogP contribution in [-0.2, 0) is 0 Å². The standard InChI is InChI=1S/C12H15ClO/c13-12-7-2-1-6-10(12)11(8-14)9-4-3-5-9/h1-2,6-7,9,11,14H,3-5,8H2. The predicted octanol–water partition coefficient (Wildman–Crippen LogP) is 3.22. The van der Waals surface area contributed by atoms with Gasteiger partial charge in [0.2, 0.25) is 0 Å². The largest absolute Gasteiger partial charge is 0.396 e. The van der Waals surface area contributed by atoms with Gasteiger partial charge in [-0.25, -0.2) is 0 Å². The molecule has 14 heavy (non-hydrogen) atoms. The quantitative estimate of drug-likeness (QED) is 0.813. The maximum Gasteiger partial charge on any atom is 0.0502 e. The molecule has 0 aromatic heterocycles. The van der Waals surface area contributed by atoms with Crippen LogP contribution in [0.3, 0.4) is 0 Å². The van der Waals surface area contributed by atoms with Crippen LogP contribution in [0.2, 0.25) is 5.02 Å². The summed E-state index contributed by atoms with van der Waals surface area (Å²) in [6, 6.07) is 7.85. The van der Waals surface area contributed by atoms with Crippen molar-refractivity contribution in [1.29, 1.82) is 0 Å². The number of aliphatic hydroxyl groups excluding tert-OH is 1. The molecule has 1 aliphatic rings. The number of hydrogen-bond acceptors (Lipinski definition) is 1. The fraction of sp³-hybridized carbons (Fsp3) is 0.500. The maximum absolute atomic E-state index is 9.38. The van der Waals surface area contributed by atoms with Crippen molar-refractivity contribution in [3.63, 3.8) is 0 Å². The molecule has 0 saturated heterocycles. The number of hydrogen-bond donors (Lipinski definition) is 1. The summed E-state index contributed by atoms with van der Waals surface area (Å²) in [6.07, 6.45) is 3.76. The lowest BCUT2D eigenvalue weighted by atomic mass is 9.73. The van der Waals surface area contributed by atoms with E-state index in [-0.39, 0.29) is 12.5 Å². The lowest BCUT2D eigenvalue weighted by molar-refractivity contribution is 0.173. The second-order valence-corrected chi connectivity index (χ2v) is 4.41. The van der Waals surface area contributed by atoms with E-state index in [1.165, 1.54) is 19.3 Å². The van der Waals surface area contributed by atoms with Gasteiger partial charge in [0, 0.05) is 10.9 Å². The van der Waals surface area contributed by atoms with E-state index in [1.54, 1.807) is 0 Å². The maximum atomic E-state index is 9.38. The van der Waals surface area contributed by atoms with Gasteiger partial charge in [0.05, 0.1) is 6.61 Å². The minimum atomic E-state index is 0.217. The van der Waals surface area contributed by atoms with Gasteiger partial charge in [-0.3, -0.25) is 0 Å². The molecule has 0 bridgehead atoms. The van der Waals surface area contributed by atoms with Crippen LogP contribution >= 0.6 is 11.6 Å². The zero-order chi connectivity index (χ0) is 9.97. The molecule has 2 heteroatoms. The third kappa shape index (κ3) is 1.79.